The van der Waals surface area contributed by atoms with Crippen LogP contribution in [0.2, 0.25) is 5.02 Å². The van der Waals surface area contributed by atoms with Crippen molar-refractivity contribution in [1.82, 2.24) is 9.80 Å². The summed E-state index contributed by atoms with van der Waals surface area (Å²) in [5.41, 5.74) is 7.46. The second-order valence-electron chi connectivity index (χ2n) is 5.29. The maximum atomic E-state index is 6.30. The van der Waals surface area contributed by atoms with Crippen molar-refractivity contribution in [3.8, 4) is 0 Å². The number of hydrogen-bond donors (Lipinski definition) is 1. The average Bonchev–Trinajstić information content (AvgIpc) is 2.34. The second-order valence-corrected chi connectivity index (χ2v) is 5.73. The number of benzene rings is 1. The zero-order valence-electron chi connectivity index (χ0n) is 11.1. The molecule has 1 heterocycles. The van der Waals surface area contributed by atoms with Gasteiger partial charge in [0, 0.05) is 36.7 Å². The van der Waals surface area contributed by atoms with E-state index in [2.05, 4.69) is 23.9 Å². The fourth-order valence-electron chi connectivity index (χ4n) is 2.50. The van der Waals surface area contributed by atoms with Crippen molar-refractivity contribution < 1.29 is 0 Å². The summed E-state index contributed by atoms with van der Waals surface area (Å²) in [5, 5.41) is 0.764. The molecule has 0 aliphatic carbocycles. The van der Waals surface area contributed by atoms with E-state index in [1.165, 1.54) is 5.56 Å². The smallest absolute Gasteiger partial charge is 0.0406 e. The van der Waals surface area contributed by atoms with Gasteiger partial charge < -0.3 is 15.5 Å². The van der Waals surface area contributed by atoms with E-state index in [1.807, 2.05) is 24.3 Å². The zero-order valence-corrected chi connectivity index (χ0v) is 11.9. The zero-order chi connectivity index (χ0) is 13.1. The highest BCUT2D eigenvalue weighted by Gasteiger charge is 2.24. The van der Waals surface area contributed by atoms with Gasteiger partial charge in [-0.3, -0.25) is 0 Å². The minimum Gasteiger partial charge on any atom is -0.324 e. The van der Waals surface area contributed by atoms with E-state index in [0.717, 1.165) is 31.1 Å². The number of rotatable bonds is 3. The predicted molar refractivity (Wildman–Crippen MR) is 76.9 cm³/mol. The minimum atomic E-state index is 0.0845. The summed E-state index contributed by atoms with van der Waals surface area (Å²) in [6.45, 7) is 3.36. The van der Waals surface area contributed by atoms with E-state index < -0.39 is 0 Å². The predicted octanol–water partition coefficient (Wildman–Crippen LogP) is 1.98. The molecule has 0 amide bonds. The van der Waals surface area contributed by atoms with Gasteiger partial charge in [-0.2, -0.15) is 0 Å². The molecule has 1 aromatic rings. The Bertz CT molecular complexity index is 379. The molecule has 1 aliphatic heterocycles. The van der Waals surface area contributed by atoms with E-state index in [0.29, 0.717) is 6.04 Å². The molecule has 2 unspecified atom stereocenters. The normalized spacial score (nSPS) is 24.1. The topological polar surface area (TPSA) is 32.5 Å². The van der Waals surface area contributed by atoms with Crippen molar-refractivity contribution in [3.63, 3.8) is 0 Å². The minimum absolute atomic E-state index is 0.0845. The van der Waals surface area contributed by atoms with Crippen molar-refractivity contribution in [2.24, 2.45) is 5.73 Å². The number of piperazine rings is 1. The van der Waals surface area contributed by atoms with Crippen molar-refractivity contribution >= 4 is 11.6 Å². The third-order valence-electron chi connectivity index (χ3n) is 3.80. The maximum absolute atomic E-state index is 6.30. The Balaban J connectivity index is 1.97. The molecule has 1 aromatic carbocycles. The van der Waals surface area contributed by atoms with Gasteiger partial charge in [0.2, 0.25) is 0 Å². The Labute approximate surface area is 115 Å². The standard InChI is InChI=1S/C14H22ClN3/c1-17-7-8-18(2)13(10-17)9-14(16)11-3-5-12(15)6-4-11/h3-6,13-14H,7-10,16H2,1-2H3. The molecule has 0 aromatic heterocycles. The Morgan fingerprint density at radius 2 is 1.94 bits per heavy atom. The van der Waals surface area contributed by atoms with Gasteiger partial charge in [-0.05, 0) is 38.2 Å². The first kappa shape index (κ1) is 13.8. The van der Waals surface area contributed by atoms with E-state index in [-0.39, 0.29) is 6.04 Å². The molecule has 18 heavy (non-hydrogen) atoms. The molecular weight excluding hydrogens is 246 g/mol. The van der Waals surface area contributed by atoms with E-state index in [4.69, 9.17) is 17.3 Å². The summed E-state index contributed by atoms with van der Waals surface area (Å²) in [6, 6.07) is 8.50. The first-order valence-electron chi connectivity index (χ1n) is 6.46. The molecule has 1 saturated heterocycles. The molecule has 2 N–H and O–H groups in total. The molecule has 4 heteroatoms. The van der Waals surface area contributed by atoms with Gasteiger partial charge in [0.25, 0.3) is 0 Å². The van der Waals surface area contributed by atoms with E-state index >= 15 is 0 Å². The lowest BCUT2D eigenvalue weighted by atomic mass is 9.98. The fourth-order valence-corrected chi connectivity index (χ4v) is 2.62. The van der Waals surface area contributed by atoms with Gasteiger partial charge in [-0.1, -0.05) is 23.7 Å². The quantitative estimate of drug-likeness (QED) is 0.909. The monoisotopic (exact) mass is 267 g/mol. The van der Waals surface area contributed by atoms with Crippen LogP contribution in [0, 0.1) is 0 Å². The van der Waals surface area contributed by atoms with Gasteiger partial charge in [0.1, 0.15) is 0 Å². The molecule has 0 saturated carbocycles. The first-order valence-corrected chi connectivity index (χ1v) is 6.84. The molecular formula is C14H22ClN3. The summed E-state index contributed by atoms with van der Waals surface area (Å²) in [4.78, 5) is 4.79. The second kappa shape index (κ2) is 6.02. The van der Waals surface area contributed by atoms with E-state index in [9.17, 15) is 0 Å². The van der Waals surface area contributed by atoms with Crippen LogP contribution in [-0.2, 0) is 0 Å². The Kier molecular flexibility index (Phi) is 4.62. The summed E-state index contributed by atoms with van der Waals surface area (Å²) in [6.07, 6.45) is 0.989. The highest BCUT2D eigenvalue weighted by molar-refractivity contribution is 6.30. The Morgan fingerprint density at radius 3 is 2.61 bits per heavy atom. The van der Waals surface area contributed by atoms with Crippen LogP contribution in [0.25, 0.3) is 0 Å². The molecule has 100 valence electrons. The summed E-state index contributed by atoms with van der Waals surface area (Å²) in [7, 11) is 4.36. The van der Waals surface area contributed by atoms with Gasteiger partial charge >= 0.3 is 0 Å². The number of likely N-dealkylation sites (N-methyl/N-ethyl adjacent to an activating group) is 2. The van der Waals surface area contributed by atoms with Crippen LogP contribution in [0.1, 0.15) is 18.0 Å². The van der Waals surface area contributed by atoms with Gasteiger partial charge in [-0.25, -0.2) is 0 Å². The van der Waals surface area contributed by atoms with Crippen LogP contribution in [0.15, 0.2) is 24.3 Å². The van der Waals surface area contributed by atoms with Gasteiger partial charge in [0.05, 0.1) is 0 Å². The van der Waals surface area contributed by atoms with Crippen molar-refractivity contribution in [2.45, 2.75) is 18.5 Å². The molecule has 1 fully saturated rings. The van der Waals surface area contributed by atoms with E-state index in [1.54, 1.807) is 0 Å². The molecule has 0 bridgehead atoms. The summed E-state index contributed by atoms with van der Waals surface area (Å²) >= 11 is 5.89. The van der Waals surface area contributed by atoms with Gasteiger partial charge in [-0.15, -0.1) is 0 Å². The molecule has 2 rings (SSSR count). The van der Waals surface area contributed by atoms with Crippen LogP contribution < -0.4 is 5.73 Å². The lowest BCUT2D eigenvalue weighted by Crippen LogP contribution is -2.50. The lowest BCUT2D eigenvalue weighted by Gasteiger charge is -2.38. The van der Waals surface area contributed by atoms with Crippen LogP contribution in [-0.4, -0.2) is 49.6 Å². The number of hydrogen-bond acceptors (Lipinski definition) is 3. The summed E-state index contributed by atoms with van der Waals surface area (Å²) in [5.74, 6) is 0. The third-order valence-corrected chi connectivity index (χ3v) is 4.06. The van der Waals surface area contributed by atoms with Crippen LogP contribution in [0.5, 0.6) is 0 Å². The van der Waals surface area contributed by atoms with Crippen LogP contribution in [0.3, 0.4) is 0 Å². The number of nitrogens with two attached hydrogens (primary N) is 1. The van der Waals surface area contributed by atoms with Crippen molar-refractivity contribution in [1.29, 1.82) is 0 Å². The molecule has 2 atom stereocenters. The SMILES string of the molecule is CN1CCN(C)C(CC(N)c2ccc(Cl)cc2)C1. The van der Waals surface area contributed by atoms with Gasteiger partial charge in [0.15, 0.2) is 0 Å². The molecule has 0 spiro atoms. The summed E-state index contributed by atoms with van der Waals surface area (Å²) < 4.78 is 0. The number of halogens is 1. The van der Waals surface area contributed by atoms with Crippen LogP contribution >= 0.6 is 11.6 Å². The van der Waals surface area contributed by atoms with Crippen molar-refractivity contribution in [3.05, 3.63) is 34.9 Å². The Hall–Kier alpha value is -0.610. The van der Waals surface area contributed by atoms with Crippen molar-refractivity contribution in [2.75, 3.05) is 33.7 Å². The maximum Gasteiger partial charge on any atom is 0.0406 e. The molecule has 3 nitrogen and oxygen atoms in total. The molecule has 1 aliphatic rings. The first-order chi connectivity index (χ1) is 8.56. The highest BCUT2D eigenvalue weighted by atomic mass is 35.5. The Morgan fingerprint density at radius 1 is 1.28 bits per heavy atom. The third kappa shape index (κ3) is 3.45. The number of nitrogens with zero attached hydrogens (tertiary/aromatic N) is 2. The van der Waals surface area contributed by atoms with Crippen LogP contribution in [0.4, 0.5) is 0 Å². The highest BCUT2D eigenvalue weighted by Crippen LogP contribution is 2.21. The average molecular weight is 268 g/mol. The molecule has 0 radical (unpaired) electrons. The lowest BCUT2D eigenvalue weighted by molar-refractivity contribution is 0.104. The fraction of sp³-hybridized carbons (Fsp3) is 0.571. The largest absolute Gasteiger partial charge is 0.324 e.